The Labute approximate surface area is 275 Å². The molecule has 20 nitrogen and oxygen atoms in total. The highest BCUT2D eigenvalue weighted by Gasteiger charge is 2.54. The van der Waals surface area contributed by atoms with Crippen molar-refractivity contribution >= 4 is 82.2 Å². The van der Waals surface area contributed by atoms with E-state index in [0.717, 1.165) is 10.9 Å². The van der Waals surface area contributed by atoms with Crippen LogP contribution in [0.25, 0.3) is 21.5 Å². The predicted molar refractivity (Wildman–Crippen MR) is 167 cm³/mol. The first-order valence-corrected chi connectivity index (χ1v) is 19.5. The summed E-state index contributed by atoms with van der Waals surface area (Å²) in [6.45, 7) is -9.91. The molecule has 3 aliphatic heterocycles. The molecule has 10 atom stereocenters. The Hall–Kier alpha value is -2.44. The lowest BCUT2D eigenvalue weighted by molar-refractivity contribution is -0.0595. The van der Waals surface area contributed by atoms with Crippen LogP contribution < -0.4 is 21.9 Å². The van der Waals surface area contributed by atoms with Gasteiger partial charge in [0, 0.05) is 7.11 Å². The van der Waals surface area contributed by atoms with Crippen LogP contribution in [0.2, 0.25) is 0 Å². The lowest BCUT2D eigenvalue weighted by Gasteiger charge is -2.28. The zero-order valence-electron chi connectivity index (χ0n) is 23.6. The molecule has 3 saturated heterocycles. The fraction of sp³-hybridized carbons (Fsp3) is 0.524. The molecule has 0 aromatic carbocycles. The van der Waals surface area contributed by atoms with Gasteiger partial charge in [-0.05, 0) is 11.8 Å². The van der Waals surface area contributed by atoms with Gasteiger partial charge in [0.15, 0.2) is 35.7 Å². The largest absolute Gasteiger partial charge is 0.386 e. The Morgan fingerprint density at radius 3 is 2.64 bits per heavy atom. The number of hydrogen-bond acceptors (Lipinski definition) is 18. The fourth-order valence-corrected chi connectivity index (χ4v) is 9.29. The van der Waals surface area contributed by atoms with Crippen LogP contribution in [-0.2, 0) is 48.7 Å². The number of alkyl halides is 1. The molecular weight excluding hydrogens is 731 g/mol. The van der Waals surface area contributed by atoms with Crippen LogP contribution in [0, 0.1) is 0 Å². The lowest BCUT2D eigenvalue weighted by Crippen LogP contribution is -2.38. The van der Waals surface area contributed by atoms with E-state index in [4.69, 9.17) is 55.6 Å². The fourth-order valence-electron chi connectivity index (χ4n) is 5.56. The van der Waals surface area contributed by atoms with Crippen molar-refractivity contribution in [3.63, 3.8) is 0 Å². The van der Waals surface area contributed by atoms with Gasteiger partial charge < -0.3 is 35.1 Å². The summed E-state index contributed by atoms with van der Waals surface area (Å²) in [5, 5.41) is 0. The topological polar surface area (TPSA) is 265 Å². The van der Waals surface area contributed by atoms with E-state index in [1.165, 1.54) is 18.0 Å². The third kappa shape index (κ3) is 5.94. The number of hydrogen-bond donors (Lipinski definition) is 5. The van der Waals surface area contributed by atoms with Crippen molar-refractivity contribution in [1.29, 1.82) is 0 Å². The van der Waals surface area contributed by atoms with Gasteiger partial charge in [0.2, 0.25) is 5.95 Å². The summed E-state index contributed by atoms with van der Waals surface area (Å²) < 4.78 is 71.8. The third-order valence-electron chi connectivity index (χ3n) is 7.55. The van der Waals surface area contributed by atoms with Crippen LogP contribution >= 0.6 is 37.1 Å². The number of H-pyrrole nitrogens is 1. The summed E-state index contributed by atoms with van der Waals surface area (Å²) in [5.41, 5.74) is 11.1. The van der Waals surface area contributed by atoms with Crippen LogP contribution in [-0.4, -0.2) is 96.0 Å². The van der Waals surface area contributed by atoms with Crippen LogP contribution in [0.3, 0.4) is 0 Å². The summed E-state index contributed by atoms with van der Waals surface area (Å²) in [5.74, 6) is -0.238. The maximum atomic E-state index is 16.1. The average molecular weight is 756 g/mol. The van der Waals surface area contributed by atoms with Crippen molar-refractivity contribution in [2.45, 2.75) is 49.1 Å². The van der Waals surface area contributed by atoms with Gasteiger partial charge in [-0.25, -0.2) is 23.9 Å². The van der Waals surface area contributed by atoms with E-state index in [-0.39, 0.29) is 33.3 Å². The van der Waals surface area contributed by atoms with Gasteiger partial charge in [0.1, 0.15) is 47.1 Å². The number of rotatable bonds is 3. The minimum Gasteiger partial charge on any atom is -0.382 e. The van der Waals surface area contributed by atoms with Crippen LogP contribution in [0.1, 0.15) is 12.5 Å². The molecular formula is C21H24FN9O11P2S3. The molecule has 3 fully saturated rings. The molecule has 7 rings (SSSR count). The van der Waals surface area contributed by atoms with Gasteiger partial charge in [-0.1, -0.05) is 23.6 Å². The minimum atomic E-state index is -4.41. The molecule has 254 valence electrons. The second-order valence-corrected chi connectivity index (χ2v) is 17.0. The minimum absolute atomic E-state index is 0.0453. The van der Waals surface area contributed by atoms with Crippen molar-refractivity contribution in [1.82, 2.24) is 34.1 Å². The number of nitrogen functional groups attached to an aromatic ring is 2. The quantitative estimate of drug-likeness (QED) is 0.140. The monoisotopic (exact) mass is 755 g/mol. The first-order valence-electron chi connectivity index (χ1n) is 13.4. The maximum absolute atomic E-state index is 16.1. The molecule has 0 spiro atoms. The number of methoxy groups -OCH3 is 1. The molecule has 7 heterocycles. The number of nitrogens with one attached hydrogen (secondary N) is 1. The zero-order chi connectivity index (χ0) is 33.4. The molecule has 26 heteroatoms. The van der Waals surface area contributed by atoms with Crippen molar-refractivity contribution < 1.29 is 46.2 Å². The summed E-state index contributed by atoms with van der Waals surface area (Å²) in [6, 6.07) is 0. The summed E-state index contributed by atoms with van der Waals surface area (Å²) in [6.07, 6.45) is -9.25. The molecule has 0 aliphatic carbocycles. The van der Waals surface area contributed by atoms with E-state index in [0.29, 0.717) is 11.3 Å². The SMILES string of the molecule is CO[C@H]1[C@H]2OP(O)(=S)OC[C@H]3O[C@@H](n4cnc5c(N)ncnc54)[C@H](F)[C@@H]3OP(=O)(S)OC[C@H]1O[C@H]2n1c(=O)sc2c(=O)[nH]c(N)nc21. The van der Waals surface area contributed by atoms with Gasteiger partial charge in [-0.15, -0.1) is 0 Å². The highest BCUT2D eigenvalue weighted by Crippen LogP contribution is 2.58. The van der Waals surface area contributed by atoms with E-state index < -0.39 is 86.3 Å². The normalized spacial score (nSPS) is 36.6. The van der Waals surface area contributed by atoms with Crippen molar-refractivity contribution in [2.75, 3.05) is 31.8 Å². The van der Waals surface area contributed by atoms with Crippen molar-refractivity contribution in [2.24, 2.45) is 0 Å². The number of thiol groups is 1. The average Bonchev–Trinajstić information content (AvgIpc) is 3.74. The number of imidazole rings is 1. The number of anilines is 2. The Kier molecular flexibility index (Phi) is 8.56. The molecule has 0 amide bonds. The first kappa shape index (κ1) is 33.1. The van der Waals surface area contributed by atoms with Crippen molar-refractivity contribution in [3.8, 4) is 0 Å². The maximum Gasteiger partial charge on any atom is 0.386 e. The number of nitrogens with two attached hydrogens (primary N) is 2. The van der Waals surface area contributed by atoms with Gasteiger partial charge >= 0.3 is 18.4 Å². The van der Waals surface area contributed by atoms with Gasteiger partial charge in [0.25, 0.3) is 5.56 Å². The number of aromatic amines is 1. The summed E-state index contributed by atoms with van der Waals surface area (Å²) in [4.78, 5) is 54.6. The van der Waals surface area contributed by atoms with E-state index in [1.54, 1.807) is 0 Å². The highest BCUT2D eigenvalue weighted by molar-refractivity contribution is 8.44. The van der Waals surface area contributed by atoms with E-state index >= 15 is 4.39 Å². The van der Waals surface area contributed by atoms with Crippen molar-refractivity contribution in [3.05, 3.63) is 32.7 Å². The standard InChI is InChI=1S/C21H24FN9O11P2S3/c1-36-11-7-3-38-43(34,45)41-10-6(39-18(8(10)22)30-5-27-9-14(23)25-4-26-15(9)30)2-37-44(35,46)42-12(11)19(40-7)31-16-13(47-21(31)33)17(32)29-20(24)28-16/h4-8,10-12,18-19H,2-3H2,1H3,(H,34,45)(H,35,46)(H2,23,25,26)(H3,24,28,29,32)/t6-,7-,8-,10-,11-,12-,18-,19-,43?,44?/m1/s1. The van der Waals surface area contributed by atoms with Crippen LogP contribution in [0.4, 0.5) is 16.2 Å². The molecule has 6 N–H and O–H groups in total. The number of ether oxygens (including phenoxy) is 3. The Bertz CT molecular complexity index is 2080. The summed E-state index contributed by atoms with van der Waals surface area (Å²) in [7, 11) is 1.27. The number of fused-ring (bicyclic) bond motifs is 5. The second kappa shape index (κ2) is 12.2. The Morgan fingerprint density at radius 2 is 1.87 bits per heavy atom. The molecule has 0 saturated carbocycles. The number of aromatic nitrogens is 7. The van der Waals surface area contributed by atoms with Gasteiger partial charge in [0.05, 0.1) is 19.5 Å². The molecule has 0 radical (unpaired) electrons. The van der Waals surface area contributed by atoms with E-state index in [2.05, 4.69) is 37.2 Å². The lowest BCUT2D eigenvalue weighted by atomic mass is 10.1. The third-order valence-corrected chi connectivity index (χ3v) is 11.7. The van der Waals surface area contributed by atoms with Gasteiger partial charge in [-0.2, -0.15) is 4.98 Å². The molecule has 3 aliphatic rings. The number of nitrogens with zero attached hydrogens (tertiary/aromatic N) is 6. The summed E-state index contributed by atoms with van der Waals surface area (Å²) >= 11 is 9.90. The Balaban J connectivity index is 1.24. The smallest absolute Gasteiger partial charge is 0.382 e. The Morgan fingerprint density at radius 1 is 1.13 bits per heavy atom. The highest BCUT2D eigenvalue weighted by atomic mass is 32.7. The number of thiazole rings is 1. The molecule has 4 aromatic rings. The first-order chi connectivity index (χ1) is 22.3. The van der Waals surface area contributed by atoms with E-state index in [1.807, 2.05) is 0 Å². The molecule has 2 unspecified atom stereocenters. The molecule has 4 aromatic heterocycles. The van der Waals surface area contributed by atoms with Crippen LogP contribution in [0.15, 0.2) is 22.2 Å². The molecule has 2 bridgehead atoms. The number of halogens is 1. The second-order valence-electron chi connectivity index (χ2n) is 10.4. The van der Waals surface area contributed by atoms with Crippen LogP contribution in [0.5, 0.6) is 0 Å². The zero-order valence-corrected chi connectivity index (χ0v) is 27.9. The van der Waals surface area contributed by atoms with Gasteiger partial charge in [-0.3, -0.25) is 37.3 Å². The molecule has 47 heavy (non-hydrogen) atoms. The van der Waals surface area contributed by atoms with E-state index in [9.17, 15) is 19.0 Å². The predicted octanol–water partition coefficient (Wildman–Crippen LogP) is 0.370.